The quantitative estimate of drug-likeness (QED) is 0.358. The lowest BCUT2D eigenvalue weighted by Crippen LogP contribution is -2.49. The molecule has 2 aromatic carbocycles. The van der Waals surface area contributed by atoms with Gasteiger partial charge in [-0.2, -0.15) is 0 Å². The summed E-state index contributed by atoms with van der Waals surface area (Å²) in [5, 5.41) is 16.2. The fourth-order valence-corrected chi connectivity index (χ4v) is 6.08. The summed E-state index contributed by atoms with van der Waals surface area (Å²) in [6.07, 6.45) is 2.13. The zero-order valence-corrected chi connectivity index (χ0v) is 24.1. The number of ether oxygens (including phenoxy) is 1. The van der Waals surface area contributed by atoms with Crippen LogP contribution in [-0.4, -0.2) is 68.0 Å². The van der Waals surface area contributed by atoms with Crippen LogP contribution in [0.15, 0.2) is 65.7 Å². The van der Waals surface area contributed by atoms with Crippen molar-refractivity contribution < 1.29 is 14.6 Å². The van der Waals surface area contributed by atoms with Gasteiger partial charge in [-0.3, -0.25) is 18.7 Å². The monoisotopic (exact) mass is 595 g/mol. The summed E-state index contributed by atoms with van der Waals surface area (Å²) >= 11 is 12.5. The van der Waals surface area contributed by atoms with E-state index in [0.29, 0.717) is 65.9 Å². The Morgan fingerprint density at radius 1 is 1.10 bits per heavy atom. The molecule has 0 aliphatic carbocycles. The molecule has 4 aromatic rings. The van der Waals surface area contributed by atoms with E-state index in [9.17, 15) is 14.7 Å². The van der Waals surface area contributed by atoms with Gasteiger partial charge in [-0.1, -0.05) is 35.3 Å². The maximum Gasteiger partial charge on any atom is 0.262 e. The highest BCUT2D eigenvalue weighted by atomic mass is 35.5. The maximum absolute atomic E-state index is 13.5. The van der Waals surface area contributed by atoms with E-state index < -0.39 is 5.60 Å². The van der Waals surface area contributed by atoms with E-state index >= 15 is 0 Å². The summed E-state index contributed by atoms with van der Waals surface area (Å²) in [5.74, 6) is -0.106. The second kappa shape index (κ2) is 11.2. The lowest BCUT2D eigenvalue weighted by atomic mass is 9.91. The SMILES string of the molecule is C[C@@H]1COC[C@H](c2ccc(-n3c(Cl)cc4c(=O)n(CC5(O)CCN(C(=O)c6ccc(Cl)cc6)CC5)cnc43)cc2)N1. The molecule has 2 fully saturated rings. The molecule has 2 atom stereocenters. The molecule has 2 aliphatic rings. The van der Waals surface area contributed by atoms with E-state index in [1.54, 1.807) is 39.8 Å². The number of aromatic nitrogens is 3. The third-order valence-electron chi connectivity index (χ3n) is 7.97. The summed E-state index contributed by atoms with van der Waals surface area (Å²) in [4.78, 5) is 32.6. The summed E-state index contributed by atoms with van der Waals surface area (Å²) in [6, 6.07) is 16.7. The maximum atomic E-state index is 13.5. The molecule has 6 rings (SSSR count). The zero-order valence-electron chi connectivity index (χ0n) is 22.6. The van der Waals surface area contributed by atoms with Crippen molar-refractivity contribution in [3.8, 4) is 5.69 Å². The van der Waals surface area contributed by atoms with Crippen LogP contribution in [0.25, 0.3) is 16.7 Å². The number of nitrogens with zero attached hydrogens (tertiary/aromatic N) is 4. The van der Waals surface area contributed by atoms with E-state index in [1.165, 1.54) is 10.9 Å². The smallest absolute Gasteiger partial charge is 0.262 e. The summed E-state index contributed by atoms with van der Waals surface area (Å²) in [6.45, 7) is 4.23. The van der Waals surface area contributed by atoms with Crippen molar-refractivity contribution in [2.75, 3.05) is 26.3 Å². The van der Waals surface area contributed by atoms with Crippen molar-refractivity contribution in [3.63, 3.8) is 0 Å². The third-order valence-corrected chi connectivity index (χ3v) is 8.50. The number of halogens is 2. The lowest BCUT2D eigenvalue weighted by Gasteiger charge is -2.38. The Balaban J connectivity index is 1.18. The number of piperidine rings is 1. The van der Waals surface area contributed by atoms with Crippen molar-refractivity contribution >= 4 is 40.1 Å². The lowest BCUT2D eigenvalue weighted by molar-refractivity contribution is -0.0299. The number of carbonyl (C=O) groups is 1. The van der Waals surface area contributed by atoms with Crippen molar-refractivity contribution in [2.24, 2.45) is 0 Å². The Bertz CT molecular complexity index is 1630. The molecule has 0 radical (unpaired) electrons. The van der Waals surface area contributed by atoms with Gasteiger partial charge in [-0.25, -0.2) is 4.98 Å². The van der Waals surface area contributed by atoms with Crippen LogP contribution in [-0.2, 0) is 11.3 Å². The normalized spacial score (nSPS) is 20.8. The van der Waals surface area contributed by atoms with Crippen molar-refractivity contribution in [2.45, 2.75) is 44.0 Å². The van der Waals surface area contributed by atoms with Gasteiger partial charge in [-0.15, -0.1) is 0 Å². The number of carbonyl (C=O) groups excluding carboxylic acids is 1. The van der Waals surface area contributed by atoms with E-state index in [-0.39, 0.29) is 30.1 Å². The number of aliphatic hydroxyl groups is 1. The van der Waals surface area contributed by atoms with Crippen LogP contribution >= 0.6 is 23.2 Å². The molecular weight excluding hydrogens is 565 g/mol. The largest absolute Gasteiger partial charge is 0.388 e. The molecule has 0 bridgehead atoms. The van der Waals surface area contributed by atoms with Crippen molar-refractivity contribution in [3.05, 3.63) is 92.6 Å². The highest BCUT2D eigenvalue weighted by molar-refractivity contribution is 6.31. The topological polar surface area (TPSA) is 102 Å². The Kier molecular flexibility index (Phi) is 7.65. The Morgan fingerprint density at radius 2 is 1.80 bits per heavy atom. The second-order valence-electron chi connectivity index (χ2n) is 11.0. The fourth-order valence-electron chi connectivity index (χ4n) is 5.67. The Labute approximate surface area is 247 Å². The average Bonchev–Trinajstić information content (AvgIpc) is 3.31. The molecule has 2 aromatic heterocycles. The first-order chi connectivity index (χ1) is 19.7. The first kappa shape index (κ1) is 27.9. The van der Waals surface area contributed by atoms with Crippen LogP contribution in [0.3, 0.4) is 0 Å². The fraction of sp³-hybridized carbons (Fsp3) is 0.367. The molecular formula is C30H31Cl2N5O4. The van der Waals surface area contributed by atoms with Gasteiger partial charge in [0.2, 0.25) is 0 Å². The summed E-state index contributed by atoms with van der Waals surface area (Å²) in [7, 11) is 0. The molecule has 214 valence electrons. The standard InChI is InChI=1S/C30H31Cl2N5O4/c1-19-15-41-16-25(34-19)20-4-8-23(9-5-20)37-26(32)14-24-27(37)33-18-36(29(24)39)17-30(40)10-12-35(13-11-30)28(38)21-2-6-22(31)7-3-21/h2-9,14,18-19,25,34,40H,10-13,15-17H2,1H3/t19-,25-/m1/s1. The first-order valence-corrected chi connectivity index (χ1v) is 14.4. The summed E-state index contributed by atoms with van der Waals surface area (Å²) < 4.78 is 8.85. The van der Waals surface area contributed by atoms with Gasteiger partial charge in [0.1, 0.15) is 11.5 Å². The van der Waals surface area contributed by atoms with Crippen LogP contribution < -0.4 is 10.9 Å². The number of amides is 1. The molecule has 0 saturated carbocycles. The first-order valence-electron chi connectivity index (χ1n) is 13.7. The van der Waals surface area contributed by atoms with Crippen LogP contribution in [0.5, 0.6) is 0 Å². The molecule has 4 heterocycles. The highest BCUT2D eigenvalue weighted by Gasteiger charge is 2.35. The minimum Gasteiger partial charge on any atom is -0.388 e. The molecule has 0 unspecified atom stereocenters. The van der Waals surface area contributed by atoms with Crippen LogP contribution in [0, 0.1) is 0 Å². The Morgan fingerprint density at radius 3 is 2.49 bits per heavy atom. The minimum atomic E-state index is -1.15. The number of likely N-dealkylation sites (tertiary alicyclic amines) is 1. The molecule has 11 heteroatoms. The molecule has 0 spiro atoms. The third kappa shape index (κ3) is 5.65. The predicted octanol–water partition coefficient (Wildman–Crippen LogP) is 4.21. The zero-order chi connectivity index (χ0) is 28.7. The molecule has 2 saturated heterocycles. The van der Waals surface area contributed by atoms with Gasteiger partial charge in [0.25, 0.3) is 11.5 Å². The predicted molar refractivity (Wildman–Crippen MR) is 158 cm³/mol. The van der Waals surface area contributed by atoms with Crippen molar-refractivity contribution in [1.29, 1.82) is 0 Å². The number of rotatable bonds is 5. The number of benzene rings is 2. The molecule has 2 N–H and O–H groups in total. The van der Waals surface area contributed by atoms with Gasteiger partial charge in [0.15, 0.2) is 5.65 Å². The second-order valence-corrected chi connectivity index (χ2v) is 11.8. The van der Waals surface area contributed by atoms with E-state index in [2.05, 4.69) is 17.2 Å². The Hall–Kier alpha value is -3.21. The summed E-state index contributed by atoms with van der Waals surface area (Å²) in [5.41, 5.74) is 1.48. The number of fused-ring (bicyclic) bond motifs is 1. The van der Waals surface area contributed by atoms with Gasteiger partial charge in [-0.05, 0) is 67.8 Å². The van der Waals surface area contributed by atoms with Gasteiger partial charge >= 0.3 is 0 Å². The average molecular weight is 597 g/mol. The van der Waals surface area contributed by atoms with Crippen molar-refractivity contribution in [1.82, 2.24) is 24.3 Å². The van der Waals surface area contributed by atoms with Gasteiger partial charge < -0.3 is 20.1 Å². The van der Waals surface area contributed by atoms with E-state index in [0.717, 1.165) is 11.3 Å². The number of nitrogens with one attached hydrogen (secondary N) is 1. The molecule has 9 nitrogen and oxygen atoms in total. The van der Waals surface area contributed by atoms with Gasteiger partial charge in [0, 0.05) is 35.4 Å². The minimum absolute atomic E-state index is 0.0735. The van der Waals surface area contributed by atoms with Gasteiger partial charge in [0.05, 0.1) is 36.8 Å². The number of morpholine rings is 1. The molecule has 41 heavy (non-hydrogen) atoms. The highest BCUT2D eigenvalue weighted by Crippen LogP contribution is 2.28. The van der Waals surface area contributed by atoms with Crippen LogP contribution in [0.4, 0.5) is 0 Å². The van der Waals surface area contributed by atoms with E-state index in [4.69, 9.17) is 27.9 Å². The number of hydrogen-bond donors (Lipinski definition) is 2. The van der Waals surface area contributed by atoms with Crippen LogP contribution in [0.2, 0.25) is 10.2 Å². The molecule has 2 aliphatic heterocycles. The molecule has 1 amide bonds. The van der Waals surface area contributed by atoms with Crippen LogP contribution in [0.1, 0.15) is 41.7 Å². The van der Waals surface area contributed by atoms with E-state index in [1.807, 2.05) is 24.3 Å². The number of hydrogen-bond acceptors (Lipinski definition) is 6.